The maximum absolute atomic E-state index is 11.4. The first kappa shape index (κ1) is 14.1. The van der Waals surface area contributed by atoms with Gasteiger partial charge >= 0.3 is 5.97 Å². The van der Waals surface area contributed by atoms with E-state index in [2.05, 4.69) is 9.72 Å². The van der Waals surface area contributed by atoms with Gasteiger partial charge in [0.15, 0.2) is 0 Å². The molecule has 0 N–H and O–H groups in total. The predicted octanol–water partition coefficient (Wildman–Crippen LogP) is 4.50. The minimum absolute atomic E-state index is 0.0652. The van der Waals surface area contributed by atoms with Crippen molar-refractivity contribution in [1.29, 1.82) is 0 Å². The zero-order valence-electron chi connectivity index (χ0n) is 9.78. The Morgan fingerprint density at radius 2 is 1.89 bits per heavy atom. The van der Waals surface area contributed by atoms with Crippen molar-refractivity contribution in [2.45, 2.75) is 0 Å². The second kappa shape index (κ2) is 5.78. The van der Waals surface area contributed by atoms with E-state index in [1.165, 1.54) is 7.11 Å². The molecule has 0 amide bonds. The van der Waals surface area contributed by atoms with E-state index in [4.69, 9.17) is 34.8 Å². The lowest BCUT2D eigenvalue weighted by Crippen LogP contribution is -2.03. The topological polar surface area (TPSA) is 39.2 Å². The Morgan fingerprint density at radius 1 is 1.16 bits per heavy atom. The van der Waals surface area contributed by atoms with Crippen molar-refractivity contribution in [3.8, 4) is 11.3 Å². The van der Waals surface area contributed by atoms with Crippen molar-refractivity contribution in [3.05, 3.63) is 51.1 Å². The fraction of sp³-hybridized carbons (Fsp3) is 0.0769. The Morgan fingerprint density at radius 3 is 2.47 bits per heavy atom. The van der Waals surface area contributed by atoms with E-state index < -0.39 is 5.97 Å². The number of aromatic nitrogens is 1. The second-order valence-corrected chi connectivity index (χ2v) is 4.85. The summed E-state index contributed by atoms with van der Waals surface area (Å²) in [6, 6.07) is 8.24. The standard InChI is InChI=1S/C13H8Cl3NO2/c1-19-13(18)9-4-5-11(17-12(9)16)8-3-2-7(14)6-10(8)15/h2-6H,1H3. The van der Waals surface area contributed by atoms with Crippen LogP contribution in [-0.2, 0) is 4.74 Å². The number of rotatable bonds is 2. The van der Waals surface area contributed by atoms with Gasteiger partial charge in [0.1, 0.15) is 5.15 Å². The summed E-state index contributed by atoms with van der Waals surface area (Å²) in [6.07, 6.45) is 0. The smallest absolute Gasteiger partial charge is 0.341 e. The number of halogens is 3. The summed E-state index contributed by atoms with van der Waals surface area (Å²) in [5.74, 6) is -0.536. The molecule has 1 aromatic heterocycles. The average molecular weight is 317 g/mol. The molecule has 0 saturated heterocycles. The highest BCUT2D eigenvalue weighted by atomic mass is 35.5. The molecule has 0 aliphatic rings. The monoisotopic (exact) mass is 315 g/mol. The zero-order chi connectivity index (χ0) is 14.0. The van der Waals surface area contributed by atoms with Crippen LogP contribution in [0.15, 0.2) is 30.3 Å². The summed E-state index contributed by atoms with van der Waals surface area (Å²) in [7, 11) is 1.28. The summed E-state index contributed by atoms with van der Waals surface area (Å²) < 4.78 is 4.60. The molecule has 3 nitrogen and oxygen atoms in total. The van der Waals surface area contributed by atoms with E-state index in [0.29, 0.717) is 21.3 Å². The van der Waals surface area contributed by atoms with Crippen LogP contribution in [-0.4, -0.2) is 18.1 Å². The van der Waals surface area contributed by atoms with Gasteiger partial charge in [-0.1, -0.05) is 34.8 Å². The molecule has 0 radical (unpaired) electrons. The Kier molecular flexibility index (Phi) is 4.30. The van der Waals surface area contributed by atoms with E-state index in [0.717, 1.165) is 0 Å². The highest BCUT2D eigenvalue weighted by Crippen LogP contribution is 2.30. The van der Waals surface area contributed by atoms with Gasteiger partial charge in [0.05, 0.1) is 23.4 Å². The molecular weight excluding hydrogens is 309 g/mol. The van der Waals surface area contributed by atoms with Gasteiger partial charge in [-0.3, -0.25) is 0 Å². The maximum Gasteiger partial charge on any atom is 0.341 e. The fourth-order valence-electron chi connectivity index (χ4n) is 1.54. The van der Waals surface area contributed by atoms with Crippen LogP contribution in [0.25, 0.3) is 11.3 Å². The lowest BCUT2D eigenvalue weighted by atomic mass is 10.1. The molecule has 0 saturated carbocycles. The van der Waals surface area contributed by atoms with Crippen molar-refractivity contribution in [2.24, 2.45) is 0 Å². The third kappa shape index (κ3) is 3.00. The molecule has 6 heteroatoms. The Hall–Kier alpha value is -1.29. The van der Waals surface area contributed by atoms with Crippen molar-refractivity contribution >= 4 is 40.8 Å². The van der Waals surface area contributed by atoms with Crippen LogP contribution in [0.3, 0.4) is 0 Å². The Bertz CT molecular complexity index is 644. The van der Waals surface area contributed by atoms with Crippen LogP contribution in [0.4, 0.5) is 0 Å². The predicted molar refractivity (Wildman–Crippen MR) is 76.0 cm³/mol. The molecular formula is C13H8Cl3NO2. The second-order valence-electron chi connectivity index (χ2n) is 3.65. The number of methoxy groups -OCH3 is 1. The molecule has 0 fully saturated rings. The van der Waals surface area contributed by atoms with Gasteiger partial charge in [0.25, 0.3) is 0 Å². The molecule has 2 aromatic rings. The molecule has 98 valence electrons. The lowest BCUT2D eigenvalue weighted by molar-refractivity contribution is 0.0600. The number of benzene rings is 1. The van der Waals surface area contributed by atoms with Gasteiger partial charge < -0.3 is 4.74 Å². The van der Waals surface area contributed by atoms with Crippen LogP contribution < -0.4 is 0 Å². The van der Waals surface area contributed by atoms with Crippen LogP contribution in [0.1, 0.15) is 10.4 Å². The van der Waals surface area contributed by atoms with Gasteiger partial charge in [-0.2, -0.15) is 0 Å². The van der Waals surface area contributed by atoms with Crippen molar-refractivity contribution < 1.29 is 9.53 Å². The number of hydrogen-bond donors (Lipinski definition) is 0. The van der Waals surface area contributed by atoms with E-state index in [1.54, 1.807) is 30.3 Å². The third-order valence-electron chi connectivity index (χ3n) is 2.46. The minimum atomic E-state index is -0.536. The number of carbonyl (C=O) groups is 1. The molecule has 0 aliphatic carbocycles. The maximum atomic E-state index is 11.4. The number of nitrogens with zero attached hydrogens (tertiary/aromatic N) is 1. The summed E-state index contributed by atoms with van der Waals surface area (Å²) in [4.78, 5) is 15.5. The Balaban J connectivity index is 2.47. The van der Waals surface area contributed by atoms with Crippen molar-refractivity contribution in [3.63, 3.8) is 0 Å². The number of carbonyl (C=O) groups excluding carboxylic acids is 1. The first-order chi connectivity index (χ1) is 9.02. The van der Waals surface area contributed by atoms with Gasteiger partial charge in [-0.25, -0.2) is 9.78 Å². The summed E-state index contributed by atoms with van der Waals surface area (Å²) >= 11 is 17.9. The molecule has 1 aromatic carbocycles. The van der Waals surface area contributed by atoms with Crippen molar-refractivity contribution in [1.82, 2.24) is 4.98 Å². The normalized spacial score (nSPS) is 10.3. The number of pyridine rings is 1. The third-order valence-corrected chi connectivity index (χ3v) is 3.30. The van der Waals surface area contributed by atoms with Crippen LogP contribution >= 0.6 is 34.8 Å². The van der Waals surface area contributed by atoms with E-state index in [9.17, 15) is 4.79 Å². The first-order valence-electron chi connectivity index (χ1n) is 5.23. The minimum Gasteiger partial charge on any atom is -0.465 e. The first-order valence-corrected chi connectivity index (χ1v) is 6.36. The van der Waals surface area contributed by atoms with E-state index in [1.807, 2.05) is 0 Å². The molecule has 0 unspecified atom stereocenters. The van der Waals surface area contributed by atoms with Gasteiger partial charge in [0, 0.05) is 10.6 Å². The van der Waals surface area contributed by atoms with Gasteiger partial charge in [0.2, 0.25) is 0 Å². The SMILES string of the molecule is COC(=O)c1ccc(-c2ccc(Cl)cc2Cl)nc1Cl. The molecule has 0 atom stereocenters. The highest BCUT2D eigenvalue weighted by molar-refractivity contribution is 6.36. The Labute approximate surface area is 125 Å². The fourth-order valence-corrected chi connectivity index (χ4v) is 2.28. The average Bonchev–Trinajstić information content (AvgIpc) is 2.37. The van der Waals surface area contributed by atoms with Gasteiger partial charge in [-0.05, 0) is 30.3 Å². The van der Waals surface area contributed by atoms with E-state index in [-0.39, 0.29) is 10.7 Å². The summed E-state index contributed by atoms with van der Waals surface area (Å²) in [6.45, 7) is 0. The summed E-state index contributed by atoms with van der Waals surface area (Å²) in [5.41, 5.74) is 1.45. The molecule has 2 rings (SSSR count). The molecule has 0 aliphatic heterocycles. The number of ether oxygens (including phenoxy) is 1. The number of esters is 1. The lowest BCUT2D eigenvalue weighted by Gasteiger charge is -2.07. The summed E-state index contributed by atoms with van der Waals surface area (Å²) in [5, 5.41) is 1.06. The van der Waals surface area contributed by atoms with E-state index >= 15 is 0 Å². The molecule has 1 heterocycles. The van der Waals surface area contributed by atoms with Crippen LogP contribution in [0.2, 0.25) is 15.2 Å². The molecule has 19 heavy (non-hydrogen) atoms. The quantitative estimate of drug-likeness (QED) is 0.605. The zero-order valence-corrected chi connectivity index (χ0v) is 12.1. The highest BCUT2D eigenvalue weighted by Gasteiger charge is 2.14. The van der Waals surface area contributed by atoms with Gasteiger partial charge in [-0.15, -0.1) is 0 Å². The number of hydrogen-bond acceptors (Lipinski definition) is 3. The van der Waals surface area contributed by atoms with Crippen LogP contribution in [0, 0.1) is 0 Å². The molecule has 0 spiro atoms. The van der Waals surface area contributed by atoms with Crippen LogP contribution in [0.5, 0.6) is 0 Å². The van der Waals surface area contributed by atoms with Crippen molar-refractivity contribution in [2.75, 3.05) is 7.11 Å². The molecule has 0 bridgehead atoms. The largest absolute Gasteiger partial charge is 0.465 e.